The fraction of sp³-hybridized carbons (Fsp3) is 0.417. The maximum absolute atomic E-state index is 13.4. The van der Waals surface area contributed by atoms with Crippen LogP contribution in [0.5, 0.6) is 5.75 Å². The Morgan fingerprint density at radius 3 is 3.00 bits per heavy atom. The lowest BCUT2D eigenvalue weighted by Crippen LogP contribution is -2.35. The van der Waals surface area contributed by atoms with Crippen molar-refractivity contribution in [1.82, 2.24) is 4.90 Å². The van der Waals surface area contributed by atoms with Crippen molar-refractivity contribution in [2.75, 3.05) is 19.6 Å². The van der Waals surface area contributed by atoms with Gasteiger partial charge < -0.3 is 15.4 Å². The molecule has 0 aromatic heterocycles. The van der Waals surface area contributed by atoms with Crippen LogP contribution in [-0.4, -0.2) is 36.5 Å². The summed E-state index contributed by atoms with van der Waals surface area (Å²) in [4.78, 5) is 12.9. The monoisotopic (exact) mass is 256 g/mol. The van der Waals surface area contributed by atoms with Crippen LogP contribution in [0.2, 0.25) is 0 Å². The number of hydrogen-bond acceptors (Lipinski definition) is 3. The first-order valence-corrected chi connectivity index (χ1v) is 5.69. The van der Waals surface area contributed by atoms with Gasteiger partial charge in [-0.1, -0.05) is 0 Å². The highest BCUT2D eigenvalue weighted by Gasteiger charge is 2.27. The molecule has 6 heteroatoms. The van der Waals surface area contributed by atoms with E-state index in [0.29, 0.717) is 19.5 Å². The number of nitrogens with two attached hydrogens (primary N) is 1. The first-order valence-electron chi connectivity index (χ1n) is 5.69. The summed E-state index contributed by atoms with van der Waals surface area (Å²) in [5, 5.41) is 0. The Morgan fingerprint density at radius 2 is 2.28 bits per heavy atom. The zero-order chi connectivity index (χ0) is 13.1. The van der Waals surface area contributed by atoms with Crippen LogP contribution >= 0.6 is 0 Å². The number of hydrogen-bond donors (Lipinski definition) is 1. The van der Waals surface area contributed by atoms with E-state index in [1.54, 1.807) is 4.90 Å². The number of nitrogens with zero attached hydrogens (tertiary/aromatic N) is 1. The van der Waals surface area contributed by atoms with Crippen LogP contribution in [-0.2, 0) is 4.79 Å². The number of amides is 1. The number of halogens is 2. The molecule has 4 nitrogen and oxygen atoms in total. The lowest BCUT2D eigenvalue weighted by molar-refractivity contribution is -0.128. The average Bonchev–Trinajstić information content (AvgIpc) is 2.81. The van der Waals surface area contributed by atoms with Gasteiger partial charge in [0.2, 0.25) is 5.91 Å². The summed E-state index contributed by atoms with van der Waals surface area (Å²) in [6.45, 7) is 0.824. The molecule has 2 N–H and O–H groups in total. The van der Waals surface area contributed by atoms with Crippen LogP contribution in [0, 0.1) is 11.6 Å². The Morgan fingerprint density at radius 1 is 1.50 bits per heavy atom. The summed E-state index contributed by atoms with van der Waals surface area (Å²) in [6, 6.07) is 3.05. The summed E-state index contributed by atoms with van der Waals surface area (Å²) in [6.07, 6.45) is 0.263. The van der Waals surface area contributed by atoms with Crippen LogP contribution < -0.4 is 10.5 Å². The second-order valence-electron chi connectivity index (χ2n) is 4.15. The molecule has 1 unspecified atom stereocenters. The maximum Gasteiger partial charge on any atom is 0.236 e. The molecule has 1 amide bonds. The van der Waals surface area contributed by atoms with Gasteiger partial charge in [0.15, 0.2) is 11.6 Å². The molecule has 0 aliphatic carbocycles. The van der Waals surface area contributed by atoms with Crippen molar-refractivity contribution in [2.24, 2.45) is 5.73 Å². The third-order valence-corrected chi connectivity index (χ3v) is 2.86. The van der Waals surface area contributed by atoms with Gasteiger partial charge in [-0.05, 0) is 12.1 Å². The van der Waals surface area contributed by atoms with Gasteiger partial charge in [-0.3, -0.25) is 4.79 Å². The van der Waals surface area contributed by atoms with E-state index in [-0.39, 0.29) is 24.3 Å². The molecule has 2 rings (SSSR count). The lowest BCUT2D eigenvalue weighted by atomic mass is 10.3. The topological polar surface area (TPSA) is 55.6 Å². The molecule has 1 aromatic rings. The van der Waals surface area contributed by atoms with Crippen LogP contribution in [0.1, 0.15) is 6.42 Å². The van der Waals surface area contributed by atoms with Crippen molar-refractivity contribution in [3.05, 3.63) is 29.8 Å². The van der Waals surface area contributed by atoms with Crippen molar-refractivity contribution in [3.63, 3.8) is 0 Å². The largest absolute Gasteiger partial charge is 0.485 e. The van der Waals surface area contributed by atoms with Crippen LogP contribution in [0.4, 0.5) is 8.78 Å². The molecule has 0 bridgehead atoms. The number of carbonyl (C=O) groups is 1. The molecule has 0 spiro atoms. The molecule has 98 valence electrons. The molecule has 1 heterocycles. The Kier molecular flexibility index (Phi) is 3.76. The summed E-state index contributed by atoms with van der Waals surface area (Å²) >= 11 is 0. The Hall–Kier alpha value is -1.69. The molecule has 18 heavy (non-hydrogen) atoms. The minimum Gasteiger partial charge on any atom is -0.485 e. The Balaban J connectivity index is 1.99. The summed E-state index contributed by atoms with van der Waals surface area (Å²) < 4.78 is 31.7. The fourth-order valence-corrected chi connectivity index (χ4v) is 1.93. The van der Waals surface area contributed by atoms with Gasteiger partial charge in [0, 0.05) is 19.0 Å². The van der Waals surface area contributed by atoms with E-state index in [4.69, 9.17) is 10.5 Å². The van der Waals surface area contributed by atoms with Crippen molar-refractivity contribution >= 4 is 5.91 Å². The smallest absolute Gasteiger partial charge is 0.236 e. The third kappa shape index (κ3) is 2.76. The molecule has 1 atom stereocenters. The molecule has 1 aliphatic rings. The van der Waals surface area contributed by atoms with E-state index in [1.807, 2.05) is 0 Å². The number of benzene rings is 1. The highest BCUT2D eigenvalue weighted by Crippen LogP contribution is 2.22. The van der Waals surface area contributed by atoms with Gasteiger partial charge in [-0.25, -0.2) is 8.78 Å². The highest BCUT2D eigenvalue weighted by atomic mass is 19.1. The molecule has 0 saturated carbocycles. The van der Waals surface area contributed by atoms with Gasteiger partial charge in [-0.15, -0.1) is 0 Å². The summed E-state index contributed by atoms with van der Waals surface area (Å²) in [5.41, 5.74) is 5.25. The highest BCUT2D eigenvalue weighted by molar-refractivity contribution is 5.78. The van der Waals surface area contributed by atoms with Gasteiger partial charge >= 0.3 is 0 Å². The second kappa shape index (κ2) is 5.30. The van der Waals surface area contributed by atoms with Crippen molar-refractivity contribution in [1.29, 1.82) is 0 Å². The predicted molar refractivity (Wildman–Crippen MR) is 61.0 cm³/mol. The van der Waals surface area contributed by atoms with E-state index >= 15 is 0 Å². The standard InChI is InChI=1S/C12H14F2N2O2/c13-8-1-2-10(14)11(5-8)18-9-3-4-16(7-9)12(17)6-15/h1-2,5,9H,3-4,6-7,15H2. The molecular formula is C12H14F2N2O2. The zero-order valence-electron chi connectivity index (χ0n) is 9.73. The number of ether oxygens (including phenoxy) is 1. The molecule has 1 fully saturated rings. The quantitative estimate of drug-likeness (QED) is 0.874. The summed E-state index contributed by atoms with van der Waals surface area (Å²) in [7, 11) is 0. The zero-order valence-corrected chi connectivity index (χ0v) is 9.73. The first kappa shape index (κ1) is 12.8. The maximum atomic E-state index is 13.4. The Labute approximate surface area is 103 Å². The SMILES string of the molecule is NCC(=O)N1CCC(Oc2cc(F)ccc2F)C1. The van der Waals surface area contributed by atoms with Gasteiger partial charge in [-0.2, -0.15) is 0 Å². The molecule has 1 saturated heterocycles. The molecule has 1 aromatic carbocycles. The number of carbonyl (C=O) groups excluding carboxylic acids is 1. The number of likely N-dealkylation sites (tertiary alicyclic amines) is 1. The van der Waals surface area contributed by atoms with E-state index in [1.165, 1.54) is 0 Å². The minimum absolute atomic E-state index is 0.0545. The van der Waals surface area contributed by atoms with Crippen LogP contribution in [0.25, 0.3) is 0 Å². The van der Waals surface area contributed by atoms with Crippen molar-refractivity contribution in [3.8, 4) is 5.75 Å². The molecule has 1 aliphatic heterocycles. The normalized spacial score (nSPS) is 19.1. The third-order valence-electron chi connectivity index (χ3n) is 2.86. The fourth-order valence-electron chi connectivity index (χ4n) is 1.93. The van der Waals surface area contributed by atoms with E-state index in [9.17, 15) is 13.6 Å². The Bertz CT molecular complexity index is 454. The summed E-state index contributed by atoms with van der Waals surface area (Å²) in [5.74, 6) is -1.46. The van der Waals surface area contributed by atoms with Gasteiger partial charge in [0.1, 0.15) is 11.9 Å². The van der Waals surface area contributed by atoms with Crippen LogP contribution in [0.3, 0.4) is 0 Å². The van der Waals surface area contributed by atoms with Gasteiger partial charge in [0.05, 0.1) is 13.1 Å². The molecule has 0 radical (unpaired) electrons. The van der Waals surface area contributed by atoms with Crippen molar-refractivity contribution in [2.45, 2.75) is 12.5 Å². The van der Waals surface area contributed by atoms with Crippen molar-refractivity contribution < 1.29 is 18.3 Å². The van der Waals surface area contributed by atoms with E-state index < -0.39 is 11.6 Å². The average molecular weight is 256 g/mol. The van der Waals surface area contributed by atoms with E-state index in [2.05, 4.69) is 0 Å². The first-order chi connectivity index (χ1) is 8.60. The number of rotatable bonds is 3. The van der Waals surface area contributed by atoms with Gasteiger partial charge in [0.25, 0.3) is 0 Å². The predicted octanol–water partition coefficient (Wildman–Crippen LogP) is 0.903. The van der Waals surface area contributed by atoms with E-state index in [0.717, 1.165) is 18.2 Å². The lowest BCUT2D eigenvalue weighted by Gasteiger charge is -2.16. The minimum atomic E-state index is -0.611. The van der Waals surface area contributed by atoms with Crippen LogP contribution in [0.15, 0.2) is 18.2 Å². The molecular weight excluding hydrogens is 242 g/mol. The second-order valence-corrected chi connectivity index (χ2v) is 4.15.